The van der Waals surface area contributed by atoms with E-state index in [0.717, 1.165) is 6.07 Å². The SMILES string of the molecule is CCN(CCO)C(=O)NCCc1cc(F)cc(F)c1. The fraction of sp³-hybridized carbons (Fsp3) is 0.462. The first-order valence-electron chi connectivity index (χ1n) is 6.15. The molecule has 0 aliphatic heterocycles. The van der Waals surface area contributed by atoms with Crippen LogP contribution < -0.4 is 5.32 Å². The normalized spacial score (nSPS) is 10.3. The van der Waals surface area contributed by atoms with Crippen LogP contribution in [0.3, 0.4) is 0 Å². The Hall–Kier alpha value is -1.69. The summed E-state index contributed by atoms with van der Waals surface area (Å²) < 4.78 is 25.9. The number of nitrogens with zero attached hydrogens (tertiary/aromatic N) is 1. The highest BCUT2D eigenvalue weighted by Gasteiger charge is 2.09. The van der Waals surface area contributed by atoms with Gasteiger partial charge in [0.15, 0.2) is 0 Å². The molecule has 106 valence electrons. The number of hydrogen-bond donors (Lipinski definition) is 2. The highest BCUT2D eigenvalue weighted by molar-refractivity contribution is 5.74. The molecular weight excluding hydrogens is 254 g/mol. The molecule has 6 heteroatoms. The highest BCUT2D eigenvalue weighted by atomic mass is 19.1. The molecule has 1 aromatic carbocycles. The molecule has 19 heavy (non-hydrogen) atoms. The molecule has 0 aliphatic rings. The van der Waals surface area contributed by atoms with Gasteiger partial charge in [-0.25, -0.2) is 13.6 Å². The van der Waals surface area contributed by atoms with Crippen LogP contribution in [0.25, 0.3) is 0 Å². The van der Waals surface area contributed by atoms with E-state index in [0.29, 0.717) is 18.5 Å². The molecule has 0 fully saturated rings. The topological polar surface area (TPSA) is 52.6 Å². The minimum atomic E-state index is -0.628. The third kappa shape index (κ3) is 5.21. The van der Waals surface area contributed by atoms with Gasteiger partial charge in [-0.3, -0.25) is 0 Å². The number of likely N-dealkylation sites (N-methyl/N-ethyl adjacent to an activating group) is 1. The van der Waals surface area contributed by atoms with Crippen molar-refractivity contribution in [2.45, 2.75) is 13.3 Å². The zero-order valence-electron chi connectivity index (χ0n) is 10.8. The standard InChI is InChI=1S/C13H18F2N2O2/c1-2-17(5-6-18)13(19)16-4-3-10-7-11(14)9-12(15)8-10/h7-9,18H,2-6H2,1H3,(H,16,19). The lowest BCUT2D eigenvalue weighted by Crippen LogP contribution is -2.42. The number of amides is 2. The highest BCUT2D eigenvalue weighted by Crippen LogP contribution is 2.08. The maximum absolute atomic E-state index is 12.9. The van der Waals surface area contributed by atoms with Gasteiger partial charge in [0.05, 0.1) is 6.61 Å². The van der Waals surface area contributed by atoms with Crippen LogP contribution in [0.1, 0.15) is 12.5 Å². The number of rotatable bonds is 6. The van der Waals surface area contributed by atoms with E-state index in [4.69, 9.17) is 5.11 Å². The van der Waals surface area contributed by atoms with Gasteiger partial charge in [-0.2, -0.15) is 0 Å². The van der Waals surface area contributed by atoms with Crippen molar-refractivity contribution in [1.29, 1.82) is 0 Å². The fourth-order valence-electron chi connectivity index (χ4n) is 1.70. The summed E-state index contributed by atoms with van der Waals surface area (Å²) in [7, 11) is 0. The number of carbonyl (C=O) groups is 1. The Morgan fingerprint density at radius 3 is 2.47 bits per heavy atom. The smallest absolute Gasteiger partial charge is 0.317 e. The van der Waals surface area contributed by atoms with Gasteiger partial charge in [0, 0.05) is 25.7 Å². The molecular formula is C13H18F2N2O2. The van der Waals surface area contributed by atoms with Crippen LogP contribution >= 0.6 is 0 Å². The summed E-state index contributed by atoms with van der Waals surface area (Å²) >= 11 is 0. The molecule has 1 aromatic rings. The van der Waals surface area contributed by atoms with Crippen LogP contribution in [-0.4, -0.2) is 42.3 Å². The number of halogens is 2. The Morgan fingerprint density at radius 2 is 1.95 bits per heavy atom. The average molecular weight is 272 g/mol. The molecule has 0 aliphatic carbocycles. The van der Waals surface area contributed by atoms with Crippen LogP contribution in [-0.2, 0) is 6.42 Å². The fourth-order valence-corrected chi connectivity index (χ4v) is 1.70. The number of urea groups is 1. The average Bonchev–Trinajstić information content (AvgIpc) is 2.34. The molecule has 0 saturated heterocycles. The molecule has 0 radical (unpaired) electrons. The van der Waals surface area contributed by atoms with E-state index in [9.17, 15) is 13.6 Å². The monoisotopic (exact) mass is 272 g/mol. The van der Waals surface area contributed by atoms with E-state index in [-0.39, 0.29) is 25.7 Å². The van der Waals surface area contributed by atoms with Crippen LogP contribution in [0.5, 0.6) is 0 Å². The minimum Gasteiger partial charge on any atom is -0.395 e. The van der Waals surface area contributed by atoms with Gasteiger partial charge in [-0.05, 0) is 31.0 Å². The van der Waals surface area contributed by atoms with Gasteiger partial charge in [-0.15, -0.1) is 0 Å². The Labute approximate surface area is 111 Å². The van der Waals surface area contributed by atoms with E-state index in [1.165, 1.54) is 17.0 Å². The van der Waals surface area contributed by atoms with Crippen LogP contribution in [0.15, 0.2) is 18.2 Å². The third-order valence-electron chi connectivity index (χ3n) is 2.65. The molecule has 1 rings (SSSR count). The van der Waals surface area contributed by atoms with Gasteiger partial charge < -0.3 is 15.3 Å². The van der Waals surface area contributed by atoms with Gasteiger partial charge in [0.25, 0.3) is 0 Å². The van der Waals surface area contributed by atoms with E-state index >= 15 is 0 Å². The zero-order valence-corrected chi connectivity index (χ0v) is 10.8. The largest absolute Gasteiger partial charge is 0.395 e. The van der Waals surface area contributed by atoms with Gasteiger partial charge >= 0.3 is 6.03 Å². The maximum Gasteiger partial charge on any atom is 0.317 e. The number of aliphatic hydroxyl groups is 1. The second-order valence-corrected chi connectivity index (χ2v) is 4.06. The summed E-state index contributed by atoms with van der Waals surface area (Å²) in [6, 6.07) is 2.98. The summed E-state index contributed by atoms with van der Waals surface area (Å²) in [6.45, 7) is 2.73. The van der Waals surface area contributed by atoms with Crippen molar-refractivity contribution in [3.05, 3.63) is 35.4 Å². The van der Waals surface area contributed by atoms with Crippen molar-refractivity contribution in [3.8, 4) is 0 Å². The molecule has 0 saturated carbocycles. The lowest BCUT2D eigenvalue weighted by Gasteiger charge is -2.20. The molecule has 0 aromatic heterocycles. The van der Waals surface area contributed by atoms with Crippen LogP contribution in [0, 0.1) is 11.6 Å². The molecule has 0 unspecified atom stereocenters. The Kier molecular flexibility index (Phi) is 6.21. The lowest BCUT2D eigenvalue weighted by atomic mass is 10.1. The predicted octanol–water partition coefficient (Wildman–Crippen LogP) is 1.53. The van der Waals surface area contributed by atoms with Crippen LogP contribution in [0.2, 0.25) is 0 Å². The van der Waals surface area contributed by atoms with Crippen molar-refractivity contribution in [2.24, 2.45) is 0 Å². The van der Waals surface area contributed by atoms with Crippen molar-refractivity contribution < 1.29 is 18.7 Å². The second-order valence-electron chi connectivity index (χ2n) is 4.06. The van der Waals surface area contributed by atoms with E-state index in [1.54, 1.807) is 6.92 Å². The summed E-state index contributed by atoms with van der Waals surface area (Å²) in [6.07, 6.45) is 0.344. The molecule has 0 heterocycles. The first kappa shape index (κ1) is 15.4. The summed E-state index contributed by atoms with van der Waals surface area (Å²) in [5, 5.41) is 11.4. The van der Waals surface area contributed by atoms with E-state index < -0.39 is 11.6 Å². The summed E-state index contributed by atoms with van der Waals surface area (Å²) in [4.78, 5) is 13.1. The number of carbonyl (C=O) groups excluding carboxylic acids is 1. The summed E-state index contributed by atoms with van der Waals surface area (Å²) in [5.74, 6) is -1.26. The molecule has 0 bridgehead atoms. The third-order valence-corrected chi connectivity index (χ3v) is 2.65. The Morgan fingerprint density at radius 1 is 1.32 bits per heavy atom. The van der Waals surface area contributed by atoms with E-state index in [1.807, 2.05) is 0 Å². The first-order chi connectivity index (χ1) is 9.06. The van der Waals surface area contributed by atoms with Gasteiger partial charge in [-0.1, -0.05) is 0 Å². The number of nitrogens with one attached hydrogen (secondary N) is 1. The number of aliphatic hydroxyl groups excluding tert-OH is 1. The molecule has 0 atom stereocenters. The molecule has 0 spiro atoms. The quantitative estimate of drug-likeness (QED) is 0.825. The minimum absolute atomic E-state index is 0.101. The number of hydrogen-bond acceptors (Lipinski definition) is 2. The number of benzene rings is 1. The van der Waals surface area contributed by atoms with Crippen molar-refractivity contribution in [1.82, 2.24) is 10.2 Å². The van der Waals surface area contributed by atoms with Gasteiger partial charge in [0.1, 0.15) is 11.6 Å². The second kappa shape index (κ2) is 7.68. The lowest BCUT2D eigenvalue weighted by molar-refractivity contribution is 0.180. The Bertz CT molecular complexity index is 407. The van der Waals surface area contributed by atoms with Crippen molar-refractivity contribution >= 4 is 6.03 Å². The van der Waals surface area contributed by atoms with Gasteiger partial charge in [0.2, 0.25) is 0 Å². The predicted molar refractivity (Wildman–Crippen MR) is 67.8 cm³/mol. The first-order valence-corrected chi connectivity index (χ1v) is 6.15. The zero-order chi connectivity index (χ0) is 14.3. The Balaban J connectivity index is 2.43. The van der Waals surface area contributed by atoms with Crippen LogP contribution in [0.4, 0.5) is 13.6 Å². The molecule has 2 amide bonds. The van der Waals surface area contributed by atoms with E-state index in [2.05, 4.69) is 5.32 Å². The van der Waals surface area contributed by atoms with Crippen molar-refractivity contribution in [2.75, 3.05) is 26.2 Å². The van der Waals surface area contributed by atoms with Crippen molar-refractivity contribution in [3.63, 3.8) is 0 Å². The maximum atomic E-state index is 12.9. The summed E-state index contributed by atoms with van der Waals surface area (Å²) in [5.41, 5.74) is 0.489. The molecule has 4 nitrogen and oxygen atoms in total. The molecule has 2 N–H and O–H groups in total.